The van der Waals surface area contributed by atoms with Gasteiger partial charge in [0, 0.05) is 0 Å². The van der Waals surface area contributed by atoms with Crippen molar-refractivity contribution >= 4 is 11.9 Å². The number of carbonyl (C=O) groups is 2. The van der Waals surface area contributed by atoms with Gasteiger partial charge in [-0.2, -0.15) is 8.78 Å². The van der Waals surface area contributed by atoms with Gasteiger partial charge in [-0.3, -0.25) is 0 Å². The first-order valence-electron chi connectivity index (χ1n) is 4.47. The molecular weight excluding hydrogens is 222 g/mol. The van der Waals surface area contributed by atoms with Crippen LogP contribution in [0.5, 0.6) is 0 Å². The molecule has 0 fully saturated rings. The van der Waals surface area contributed by atoms with Crippen molar-refractivity contribution < 1.29 is 28.2 Å². The summed E-state index contributed by atoms with van der Waals surface area (Å²) in [7, 11) is 0. The Balaban J connectivity index is 0. The third kappa shape index (κ3) is 10.4. The summed E-state index contributed by atoms with van der Waals surface area (Å²) in [5.41, 5.74) is 0. The summed E-state index contributed by atoms with van der Waals surface area (Å²) in [6.07, 6.45) is 1.43. The molecule has 92 valence electrons. The zero-order valence-corrected chi connectivity index (χ0v) is 9.13. The van der Waals surface area contributed by atoms with E-state index in [1.54, 1.807) is 13.8 Å². The second kappa shape index (κ2) is 9.82. The van der Waals surface area contributed by atoms with Crippen LogP contribution in [0.25, 0.3) is 0 Å². The fourth-order valence-corrected chi connectivity index (χ4v) is 0.476. The molecular formula is C10H14F2O4. The van der Waals surface area contributed by atoms with E-state index >= 15 is 0 Å². The van der Waals surface area contributed by atoms with Gasteiger partial charge in [-0.15, -0.1) is 0 Å². The van der Waals surface area contributed by atoms with E-state index in [1.807, 2.05) is 0 Å². The molecule has 0 rings (SSSR count). The molecule has 0 atom stereocenters. The van der Waals surface area contributed by atoms with E-state index in [0.717, 1.165) is 6.08 Å². The Hall–Kier alpha value is -1.72. The molecule has 1 N–H and O–H groups in total. The molecule has 0 unspecified atom stereocenters. The maximum Gasteiger partial charge on any atom is 0.366 e. The van der Waals surface area contributed by atoms with Crippen LogP contribution >= 0.6 is 0 Å². The first-order chi connectivity index (χ1) is 7.36. The Kier molecular flexibility index (Phi) is 10.3. The first-order valence-corrected chi connectivity index (χ1v) is 4.47. The summed E-state index contributed by atoms with van der Waals surface area (Å²) in [4.78, 5) is 19.7. The van der Waals surface area contributed by atoms with Gasteiger partial charge in [-0.05, 0) is 19.4 Å². The van der Waals surface area contributed by atoms with Gasteiger partial charge in [0.25, 0.3) is 0 Å². The maximum absolute atomic E-state index is 11.8. The molecule has 0 aliphatic heterocycles. The minimum absolute atomic E-state index is 0.182. The normalized spacial score (nSPS) is 9.88. The minimum atomic E-state index is -1.49. The van der Waals surface area contributed by atoms with Crippen molar-refractivity contribution in [3.8, 4) is 0 Å². The summed E-state index contributed by atoms with van der Waals surface area (Å²) in [6.45, 7) is 6.18. The molecule has 16 heavy (non-hydrogen) atoms. The van der Waals surface area contributed by atoms with Gasteiger partial charge in [0.2, 0.25) is 11.7 Å². The first kappa shape index (κ1) is 16.7. The van der Waals surface area contributed by atoms with Crippen LogP contribution < -0.4 is 0 Å². The molecule has 0 spiro atoms. The fraction of sp³-hybridized carbons (Fsp3) is 0.400. The van der Waals surface area contributed by atoms with Crippen LogP contribution in [0.1, 0.15) is 20.3 Å². The molecule has 0 aromatic rings. The van der Waals surface area contributed by atoms with Gasteiger partial charge in [0.15, 0.2) is 0 Å². The zero-order chi connectivity index (χ0) is 13.1. The molecule has 0 radical (unpaired) electrons. The number of carboxylic acid groups (broad SMARTS) is 1. The van der Waals surface area contributed by atoms with E-state index in [1.165, 1.54) is 0 Å². The smallest absolute Gasteiger partial charge is 0.366 e. The highest BCUT2D eigenvalue weighted by atomic mass is 19.1. The van der Waals surface area contributed by atoms with Crippen molar-refractivity contribution in [2.45, 2.75) is 20.3 Å². The third-order valence-corrected chi connectivity index (χ3v) is 1.08. The van der Waals surface area contributed by atoms with Gasteiger partial charge in [0.05, 0.1) is 6.61 Å². The molecule has 0 aliphatic rings. The number of aliphatic carboxylic acids is 1. The highest BCUT2D eigenvalue weighted by Crippen LogP contribution is 1.96. The van der Waals surface area contributed by atoms with Gasteiger partial charge in [-0.25, -0.2) is 9.59 Å². The van der Waals surface area contributed by atoms with Crippen LogP contribution in [-0.4, -0.2) is 23.7 Å². The Morgan fingerprint density at radius 2 is 1.88 bits per heavy atom. The Bertz CT molecular complexity index is 285. The number of carboxylic acids is 1. The number of carbonyl (C=O) groups excluding carboxylic acids is 1. The fourth-order valence-electron chi connectivity index (χ4n) is 0.476. The lowest BCUT2D eigenvalue weighted by molar-refractivity contribution is -0.140. The molecule has 0 heterocycles. The SMILES string of the molecule is C=C(F)C(=O)OCC.CCC=C(F)C(=O)O. The predicted molar refractivity (Wildman–Crippen MR) is 54.0 cm³/mol. The lowest BCUT2D eigenvalue weighted by atomic mass is 10.4. The van der Waals surface area contributed by atoms with Crippen molar-refractivity contribution in [3.05, 3.63) is 24.3 Å². The summed E-state index contributed by atoms with van der Waals surface area (Å²) < 4.78 is 27.6. The number of rotatable bonds is 4. The van der Waals surface area contributed by atoms with Crippen LogP contribution in [0.15, 0.2) is 24.3 Å². The number of allylic oxidation sites excluding steroid dienone is 1. The summed E-state index contributed by atoms with van der Waals surface area (Å²) in [5.74, 6) is -4.60. The van der Waals surface area contributed by atoms with Gasteiger partial charge in [0.1, 0.15) is 0 Å². The van der Waals surface area contributed by atoms with Gasteiger partial charge < -0.3 is 9.84 Å². The molecule has 0 saturated heterocycles. The molecule has 4 nitrogen and oxygen atoms in total. The molecule has 0 saturated carbocycles. The third-order valence-electron chi connectivity index (χ3n) is 1.08. The van der Waals surface area contributed by atoms with Crippen molar-refractivity contribution in [1.82, 2.24) is 0 Å². The van der Waals surface area contributed by atoms with E-state index < -0.39 is 23.6 Å². The lowest BCUT2D eigenvalue weighted by Gasteiger charge is -1.94. The van der Waals surface area contributed by atoms with Crippen molar-refractivity contribution in [1.29, 1.82) is 0 Å². The quantitative estimate of drug-likeness (QED) is 0.601. The van der Waals surface area contributed by atoms with Crippen molar-refractivity contribution in [3.63, 3.8) is 0 Å². The average molecular weight is 236 g/mol. The second-order valence-corrected chi connectivity index (χ2v) is 2.39. The lowest BCUT2D eigenvalue weighted by Crippen LogP contribution is -2.02. The van der Waals surface area contributed by atoms with Crippen LogP contribution in [0.3, 0.4) is 0 Å². The largest absolute Gasteiger partial charge is 0.476 e. The summed E-state index contributed by atoms with van der Waals surface area (Å²) in [5, 5.41) is 7.87. The second-order valence-electron chi connectivity index (χ2n) is 2.39. The zero-order valence-electron chi connectivity index (χ0n) is 9.13. The van der Waals surface area contributed by atoms with Crippen LogP contribution in [0.4, 0.5) is 8.78 Å². The summed E-state index contributed by atoms with van der Waals surface area (Å²) in [6, 6.07) is 0. The molecule has 0 aliphatic carbocycles. The number of hydrogen-bond acceptors (Lipinski definition) is 3. The van der Waals surface area contributed by atoms with Gasteiger partial charge in [-0.1, -0.05) is 13.5 Å². The Morgan fingerprint density at radius 1 is 1.38 bits per heavy atom. The van der Waals surface area contributed by atoms with Crippen molar-refractivity contribution in [2.75, 3.05) is 6.61 Å². The highest BCUT2D eigenvalue weighted by molar-refractivity contribution is 5.85. The number of esters is 1. The van der Waals surface area contributed by atoms with Gasteiger partial charge >= 0.3 is 11.9 Å². The maximum atomic E-state index is 11.8. The minimum Gasteiger partial charge on any atom is -0.476 e. The Morgan fingerprint density at radius 3 is 2.00 bits per heavy atom. The molecule has 0 aromatic heterocycles. The van der Waals surface area contributed by atoms with Crippen LogP contribution in [0.2, 0.25) is 0 Å². The summed E-state index contributed by atoms with van der Waals surface area (Å²) >= 11 is 0. The molecule has 6 heteroatoms. The monoisotopic (exact) mass is 236 g/mol. The average Bonchev–Trinajstić information content (AvgIpc) is 2.19. The standard InChI is InChI=1S/2C5H7FO2/c1-3-8-5(7)4(2)6;1-2-3-4(6)5(7)8/h2-3H2,1H3;3H,2H2,1H3,(H,7,8). The number of ether oxygens (including phenoxy) is 1. The predicted octanol–water partition coefficient (Wildman–Crippen LogP) is 2.37. The number of hydrogen-bond donors (Lipinski definition) is 1. The van der Waals surface area contributed by atoms with E-state index in [4.69, 9.17) is 5.11 Å². The van der Waals surface area contributed by atoms with Crippen LogP contribution in [-0.2, 0) is 14.3 Å². The molecule has 0 amide bonds. The van der Waals surface area contributed by atoms with Crippen LogP contribution in [0, 0.1) is 0 Å². The topological polar surface area (TPSA) is 63.6 Å². The van der Waals surface area contributed by atoms with E-state index in [-0.39, 0.29) is 6.61 Å². The Labute approximate surface area is 92.2 Å². The number of halogens is 2. The van der Waals surface area contributed by atoms with E-state index in [9.17, 15) is 18.4 Å². The highest BCUT2D eigenvalue weighted by Gasteiger charge is 2.03. The van der Waals surface area contributed by atoms with E-state index in [2.05, 4.69) is 11.3 Å². The molecule has 0 bridgehead atoms. The molecule has 0 aromatic carbocycles. The van der Waals surface area contributed by atoms with E-state index in [0.29, 0.717) is 6.42 Å². The van der Waals surface area contributed by atoms with Crippen molar-refractivity contribution in [2.24, 2.45) is 0 Å².